The predicted octanol–water partition coefficient (Wildman–Crippen LogP) is 23.7. The maximum absolute atomic E-state index is 12.9. The van der Waals surface area contributed by atoms with E-state index in [1.807, 2.05) is 0 Å². The van der Waals surface area contributed by atoms with Gasteiger partial charge < -0.3 is 14.2 Å². The monoisotopic (exact) mass is 1140 g/mol. The topological polar surface area (TPSA) is 78.9 Å². The Morgan fingerprint density at radius 2 is 0.470 bits per heavy atom. The Hall–Kier alpha value is -4.97. The van der Waals surface area contributed by atoms with E-state index in [0.29, 0.717) is 19.3 Å². The Balaban J connectivity index is 4.41. The first-order valence-corrected chi connectivity index (χ1v) is 34.0. The van der Waals surface area contributed by atoms with Crippen LogP contribution in [0.1, 0.15) is 290 Å². The van der Waals surface area contributed by atoms with Gasteiger partial charge in [-0.3, -0.25) is 14.4 Å². The zero-order valence-electron chi connectivity index (χ0n) is 53.7. The lowest BCUT2D eigenvalue weighted by Crippen LogP contribution is -2.30. The minimum atomic E-state index is -0.804. The number of carbonyl (C=O) groups excluding carboxylic acids is 3. The van der Waals surface area contributed by atoms with Crippen LogP contribution in [0.5, 0.6) is 0 Å². The van der Waals surface area contributed by atoms with E-state index >= 15 is 0 Å². The lowest BCUT2D eigenvalue weighted by molar-refractivity contribution is -0.167. The summed E-state index contributed by atoms with van der Waals surface area (Å²) < 4.78 is 16.9. The molecule has 0 aromatic heterocycles. The molecule has 6 nitrogen and oxygen atoms in total. The molecule has 0 saturated carbocycles. The van der Waals surface area contributed by atoms with E-state index in [9.17, 15) is 14.4 Å². The number of hydrogen-bond acceptors (Lipinski definition) is 6. The van der Waals surface area contributed by atoms with E-state index in [0.717, 1.165) is 161 Å². The molecule has 0 aromatic rings. The molecule has 0 fully saturated rings. The number of allylic oxidation sites excluding steroid dienone is 26. The number of esters is 3. The quantitative estimate of drug-likeness (QED) is 0.0261. The minimum Gasteiger partial charge on any atom is -0.462 e. The molecule has 6 heteroatoms. The fourth-order valence-electron chi connectivity index (χ4n) is 9.01. The smallest absolute Gasteiger partial charge is 0.306 e. The molecule has 1 atom stereocenters. The number of unbranched alkanes of at least 4 members (excludes halogenated alkanes) is 23. The van der Waals surface area contributed by atoms with Crippen molar-refractivity contribution in [2.24, 2.45) is 0 Å². The van der Waals surface area contributed by atoms with E-state index in [2.05, 4.69) is 179 Å². The van der Waals surface area contributed by atoms with Crippen LogP contribution in [0.3, 0.4) is 0 Å². The van der Waals surface area contributed by atoms with Gasteiger partial charge in [-0.05, 0) is 128 Å². The van der Waals surface area contributed by atoms with Gasteiger partial charge in [0.1, 0.15) is 13.2 Å². The van der Waals surface area contributed by atoms with Crippen molar-refractivity contribution in [3.8, 4) is 0 Å². The van der Waals surface area contributed by atoms with Crippen LogP contribution < -0.4 is 0 Å². The third kappa shape index (κ3) is 67.7. The van der Waals surface area contributed by atoms with E-state index in [1.165, 1.54) is 89.9 Å². The number of rotatable bonds is 60. The van der Waals surface area contributed by atoms with Gasteiger partial charge in [0.15, 0.2) is 6.10 Å². The first-order valence-electron chi connectivity index (χ1n) is 34.0. The summed E-state index contributed by atoms with van der Waals surface area (Å²) in [6, 6.07) is 0. The van der Waals surface area contributed by atoms with Crippen LogP contribution >= 0.6 is 0 Å². The molecule has 0 N–H and O–H groups in total. The Morgan fingerprint density at radius 1 is 0.253 bits per heavy atom. The molecule has 0 heterocycles. The zero-order chi connectivity index (χ0) is 59.9. The molecule has 1 unspecified atom stereocenters. The zero-order valence-corrected chi connectivity index (χ0v) is 53.7. The van der Waals surface area contributed by atoms with Crippen LogP contribution in [-0.4, -0.2) is 37.2 Å². The molecular formula is C77H124O6. The van der Waals surface area contributed by atoms with E-state index < -0.39 is 6.10 Å². The molecule has 0 saturated heterocycles. The molecular weight excluding hydrogens is 1020 g/mol. The highest BCUT2D eigenvalue weighted by molar-refractivity contribution is 5.71. The fourth-order valence-corrected chi connectivity index (χ4v) is 9.01. The third-order valence-corrected chi connectivity index (χ3v) is 14.0. The van der Waals surface area contributed by atoms with Crippen molar-refractivity contribution in [1.29, 1.82) is 0 Å². The summed E-state index contributed by atoms with van der Waals surface area (Å²) in [6.07, 6.45) is 101. The van der Waals surface area contributed by atoms with Gasteiger partial charge in [-0.2, -0.15) is 0 Å². The highest BCUT2D eigenvalue weighted by Gasteiger charge is 2.19. The summed E-state index contributed by atoms with van der Waals surface area (Å²) in [5.41, 5.74) is 0. The van der Waals surface area contributed by atoms with Gasteiger partial charge in [0.25, 0.3) is 0 Å². The summed E-state index contributed by atoms with van der Waals surface area (Å²) >= 11 is 0. The highest BCUT2D eigenvalue weighted by atomic mass is 16.6. The molecule has 468 valence electrons. The summed E-state index contributed by atoms with van der Waals surface area (Å²) in [6.45, 7) is 6.39. The summed E-state index contributed by atoms with van der Waals surface area (Å²) in [7, 11) is 0. The van der Waals surface area contributed by atoms with Gasteiger partial charge in [0.2, 0.25) is 0 Å². The van der Waals surface area contributed by atoms with Crippen molar-refractivity contribution in [3.05, 3.63) is 158 Å². The molecule has 0 spiro atoms. The first-order chi connectivity index (χ1) is 41.0. The fraction of sp³-hybridized carbons (Fsp3) is 0.623. The first kappa shape index (κ1) is 78.0. The second kappa shape index (κ2) is 69.5. The molecule has 83 heavy (non-hydrogen) atoms. The molecule has 0 rings (SSSR count). The highest BCUT2D eigenvalue weighted by Crippen LogP contribution is 2.15. The Kier molecular flexibility index (Phi) is 65.4. The van der Waals surface area contributed by atoms with Gasteiger partial charge in [-0.1, -0.05) is 301 Å². The second-order valence-corrected chi connectivity index (χ2v) is 22.0. The molecule has 0 bridgehead atoms. The largest absolute Gasteiger partial charge is 0.462 e. The number of carbonyl (C=O) groups is 3. The van der Waals surface area contributed by atoms with E-state index in [4.69, 9.17) is 14.2 Å². The van der Waals surface area contributed by atoms with E-state index in [1.54, 1.807) is 0 Å². The van der Waals surface area contributed by atoms with Crippen molar-refractivity contribution in [2.45, 2.75) is 297 Å². The molecule has 0 radical (unpaired) electrons. The Labute approximate surface area is 511 Å². The summed E-state index contributed by atoms with van der Waals surface area (Å²) in [4.78, 5) is 38.4. The number of hydrogen-bond donors (Lipinski definition) is 0. The molecule has 0 aromatic carbocycles. The standard InChI is InChI=1S/C77H124O6/c1-4-7-10-13-16-19-22-25-27-29-31-33-35-36-37-38-39-40-42-43-45-47-49-52-55-58-61-64-67-70-76(79)82-73-74(72-81-75(78)69-66-63-60-57-54-51-24-21-18-15-12-9-6-3)83-77(80)71-68-65-62-59-56-53-50-48-46-44-41-34-32-30-28-26-23-20-17-14-11-8-5-2/h7-8,10-11,16-17,19-20,25-28,31-34,36-37,39-40,43-46,50,53,74H,4-6,9,12-15,18,21-24,29-30,35,38,41-42,47-49,51-52,54-73H2,1-3H3/b10-7-,11-8-,19-16-,20-17-,27-25-,28-26-,33-31-,34-32-,37-36-,40-39-,45-43-,46-44-,53-50-. The van der Waals surface area contributed by atoms with Crippen molar-refractivity contribution >= 4 is 17.9 Å². The maximum Gasteiger partial charge on any atom is 0.306 e. The van der Waals surface area contributed by atoms with Gasteiger partial charge in [-0.15, -0.1) is 0 Å². The molecule has 0 aliphatic heterocycles. The van der Waals surface area contributed by atoms with Crippen LogP contribution in [0.25, 0.3) is 0 Å². The van der Waals surface area contributed by atoms with Crippen LogP contribution in [-0.2, 0) is 28.6 Å². The van der Waals surface area contributed by atoms with Gasteiger partial charge in [0.05, 0.1) is 0 Å². The van der Waals surface area contributed by atoms with Crippen molar-refractivity contribution < 1.29 is 28.6 Å². The van der Waals surface area contributed by atoms with Crippen LogP contribution in [0, 0.1) is 0 Å². The lowest BCUT2D eigenvalue weighted by Gasteiger charge is -2.18. The predicted molar refractivity (Wildman–Crippen MR) is 362 cm³/mol. The maximum atomic E-state index is 12.9. The average molecular weight is 1150 g/mol. The average Bonchev–Trinajstić information content (AvgIpc) is 3.49. The van der Waals surface area contributed by atoms with Crippen LogP contribution in [0.15, 0.2) is 158 Å². The Morgan fingerprint density at radius 3 is 0.735 bits per heavy atom. The van der Waals surface area contributed by atoms with Gasteiger partial charge >= 0.3 is 17.9 Å². The summed E-state index contributed by atoms with van der Waals surface area (Å²) in [5.74, 6) is -0.930. The normalized spacial score (nSPS) is 13.1. The van der Waals surface area contributed by atoms with Gasteiger partial charge in [0, 0.05) is 19.3 Å². The van der Waals surface area contributed by atoms with Crippen molar-refractivity contribution in [1.82, 2.24) is 0 Å². The van der Waals surface area contributed by atoms with E-state index in [-0.39, 0.29) is 31.1 Å². The lowest BCUT2D eigenvalue weighted by atomic mass is 10.0. The van der Waals surface area contributed by atoms with Crippen molar-refractivity contribution in [2.75, 3.05) is 13.2 Å². The van der Waals surface area contributed by atoms with Crippen LogP contribution in [0.2, 0.25) is 0 Å². The Bertz CT molecular complexity index is 1840. The summed E-state index contributed by atoms with van der Waals surface area (Å²) in [5, 5.41) is 0. The molecule has 0 aliphatic rings. The third-order valence-electron chi connectivity index (χ3n) is 14.0. The SMILES string of the molecule is CC/C=C\C/C=C\C/C=C\C/C=C\C/C=C\C/C=C\C/C=C\CCCCCCCCCC(=O)OCC(COC(=O)CCCCCCCCCCCCCCC)OC(=O)CCCCCC/C=C\C/C=C\C/C=C\C/C=C\C/C=C\C/C=C\CC. The second-order valence-electron chi connectivity index (χ2n) is 22.0. The minimum absolute atomic E-state index is 0.0957. The van der Waals surface area contributed by atoms with Crippen LogP contribution in [0.4, 0.5) is 0 Å². The van der Waals surface area contributed by atoms with Crippen molar-refractivity contribution in [3.63, 3.8) is 0 Å². The molecule has 0 amide bonds. The molecule has 0 aliphatic carbocycles. The number of ether oxygens (including phenoxy) is 3. The van der Waals surface area contributed by atoms with Gasteiger partial charge in [-0.25, -0.2) is 0 Å².